The molecule has 1 aromatic heterocycles. The van der Waals surface area contributed by atoms with Crippen LogP contribution in [0.5, 0.6) is 11.5 Å². The predicted octanol–water partition coefficient (Wildman–Crippen LogP) is 3.51. The zero-order chi connectivity index (χ0) is 16.9. The molecule has 1 aromatic carbocycles. The Morgan fingerprint density at radius 2 is 1.96 bits per heavy atom. The van der Waals surface area contributed by atoms with Crippen LogP contribution in [0.4, 0.5) is 10.8 Å². The first-order chi connectivity index (χ1) is 11.7. The number of rotatable bonds is 6. The summed E-state index contributed by atoms with van der Waals surface area (Å²) in [4.78, 5) is 6.65. The van der Waals surface area contributed by atoms with E-state index in [1.54, 1.807) is 20.4 Å². The molecule has 1 fully saturated rings. The number of benzene rings is 1. The molecule has 24 heavy (non-hydrogen) atoms. The number of thiazole rings is 1. The molecular weight excluding hydrogens is 324 g/mol. The second-order valence-electron chi connectivity index (χ2n) is 5.62. The van der Waals surface area contributed by atoms with Crippen molar-refractivity contribution >= 4 is 28.4 Å². The van der Waals surface area contributed by atoms with E-state index in [0.29, 0.717) is 0 Å². The monoisotopic (exact) mass is 346 g/mol. The molecule has 0 spiro atoms. The molecule has 1 saturated heterocycles. The van der Waals surface area contributed by atoms with Crippen molar-refractivity contribution in [3.05, 3.63) is 28.8 Å². The van der Waals surface area contributed by atoms with Crippen LogP contribution in [0, 0.1) is 6.92 Å². The van der Waals surface area contributed by atoms with E-state index in [4.69, 9.17) is 9.47 Å². The molecule has 2 heterocycles. The number of hydrogen-bond acceptors (Lipinski definition) is 7. The van der Waals surface area contributed by atoms with Gasteiger partial charge in [0.05, 0.1) is 31.8 Å². The van der Waals surface area contributed by atoms with Gasteiger partial charge in [-0.05, 0) is 25.8 Å². The Kier molecular flexibility index (Phi) is 5.20. The highest BCUT2D eigenvalue weighted by Gasteiger charge is 2.19. The van der Waals surface area contributed by atoms with E-state index >= 15 is 0 Å². The van der Waals surface area contributed by atoms with Crippen molar-refractivity contribution in [2.24, 2.45) is 5.10 Å². The molecule has 0 bridgehead atoms. The third-order valence-electron chi connectivity index (χ3n) is 3.96. The second kappa shape index (κ2) is 7.53. The summed E-state index contributed by atoms with van der Waals surface area (Å²) < 4.78 is 11.1. The highest BCUT2D eigenvalue weighted by atomic mass is 32.1. The van der Waals surface area contributed by atoms with Crippen molar-refractivity contribution < 1.29 is 9.47 Å². The van der Waals surface area contributed by atoms with Gasteiger partial charge in [-0.3, -0.25) is 5.43 Å². The summed E-state index contributed by atoms with van der Waals surface area (Å²) in [5, 5.41) is 7.01. The Labute approximate surface area is 146 Å². The van der Waals surface area contributed by atoms with Crippen LogP contribution in [-0.4, -0.2) is 38.5 Å². The van der Waals surface area contributed by atoms with Gasteiger partial charge in [-0.15, -0.1) is 11.3 Å². The number of hydrazone groups is 1. The maximum Gasteiger partial charge on any atom is 0.203 e. The standard InChI is InChI=1S/C17H22N4O2S/c1-12-11-24-17(19-12)20-18-10-13-8-16(23-3)14(9-15(13)22-2)21-6-4-5-7-21/h8-11H,4-7H2,1-3H3,(H,19,20). The summed E-state index contributed by atoms with van der Waals surface area (Å²) in [5.41, 5.74) is 5.86. The Hall–Kier alpha value is -2.28. The molecule has 1 aliphatic rings. The minimum Gasteiger partial charge on any atom is -0.496 e. The second-order valence-corrected chi connectivity index (χ2v) is 6.48. The van der Waals surface area contributed by atoms with E-state index in [1.807, 2.05) is 24.4 Å². The minimum absolute atomic E-state index is 0.767. The van der Waals surface area contributed by atoms with Crippen LogP contribution in [0.3, 0.4) is 0 Å². The summed E-state index contributed by atoms with van der Waals surface area (Å²) in [5.74, 6) is 1.61. The van der Waals surface area contributed by atoms with Gasteiger partial charge in [-0.25, -0.2) is 4.98 Å². The lowest BCUT2D eigenvalue weighted by molar-refractivity contribution is 0.402. The largest absolute Gasteiger partial charge is 0.496 e. The first-order valence-electron chi connectivity index (χ1n) is 7.93. The molecule has 0 radical (unpaired) electrons. The molecule has 2 aromatic rings. The molecule has 0 unspecified atom stereocenters. The van der Waals surface area contributed by atoms with Gasteiger partial charge in [0, 0.05) is 30.1 Å². The van der Waals surface area contributed by atoms with Crippen molar-refractivity contribution in [3.8, 4) is 11.5 Å². The van der Waals surface area contributed by atoms with Crippen LogP contribution < -0.4 is 19.8 Å². The first-order valence-corrected chi connectivity index (χ1v) is 8.81. The van der Waals surface area contributed by atoms with Crippen LogP contribution in [0.1, 0.15) is 24.1 Å². The van der Waals surface area contributed by atoms with Crippen LogP contribution in [-0.2, 0) is 0 Å². The van der Waals surface area contributed by atoms with E-state index in [0.717, 1.165) is 46.7 Å². The average Bonchev–Trinajstić information content (AvgIpc) is 3.26. The fourth-order valence-electron chi connectivity index (χ4n) is 2.77. The highest BCUT2D eigenvalue weighted by molar-refractivity contribution is 7.13. The number of nitrogens with one attached hydrogen (secondary N) is 1. The Balaban J connectivity index is 1.83. The van der Waals surface area contributed by atoms with Gasteiger partial charge in [0.2, 0.25) is 5.13 Å². The minimum atomic E-state index is 0.767. The lowest BCUT2D eigenvalue weighted by atomic mass is 10.1. The molecule has 1 aliphatic heterocycles. The molecule has 0 amide bonds. The zero-order valence-electron chi connectivity index (χ0n) is 14.2. The van der Waals surface area contributed by atoms with Gasteiger partial charge < -0.3 is 14.4 Å². The molecule has 3 rings (SSSR count). The summed E-state index contributed by atoms with van der Waals surface area (Å²) in [6.07, 6.45) is 4.16. The Morgan fingerprint density at radius 3 is 2.58 bits per heavy atom. The van der Waals surface area contributed by atoms with E-state index in [-0.39, 0.29) is 0 Å². The number of anilines is 2. The third kappa shape index (κ3) is 3.62. The number of aryl methyl sites for hydroxylation is 1. The lowest BCUT2D eigenvalue weighted by Crippen LogP contribution is -2.18. The van der Waals surface area contributed by atoms with Crippen molar-refractivity contribution in [2.75, 3.05) is 37.6 Å². The number of ether oxygens (including phenoxy) is 2. The Morgan fingerprint density at radius 1 is 1.21 bits per heavy atom. The smallest absolute Gasteiger partial charge is 0.203 e. The highest BCUT2D eigenvalue weighted by Crippen LogP contribution is 2.36. The maximum atomic E-state index is 5.58. The van der Waals surface area contributed by atoms with E-state index < -0.39 is 0 Å². The van der Waals surface area contributed by atoms with Crippen molar-refractivity contribution in [1.82, 2.24) is 4.98 Å². The van der Waals surface area contributed by atoms with E-state index in [9.17, 15) is 0 Å². The first kappa shape index (κ1) is 16.6. The maximum absolute atomic E-state index is 5.58. The summed E-state index contributed by atoms with van der Waals surface area (Å²) in [6.45, 7) is 4.06. The number of aromatic nitrogens is 1. The Bertz CT molecular complexity index is 723. The molecule has 128 valence electrons. The van der Waals surface area contributed by atoms with Crippen molar-refractivity contribution in [1.29, 1.82) is 0 Å². The zero-order valence-corrected chi connectivity index (χ0v) is 15.0. The van der Waals surface area contributed by atoms with Gasteiger partial charge in [-0.2, -0.15) is 5.10 Å². The average molecular weight is 346 g/mol. The van der Waals surface area contributed by atoms with Crippen LogP contribution in [0.25, 0.3) is 0 Å². The molecule has 0 saturated carbocycles. The van der Waals surface area contributed by atoms with Crippen LogP contribution >= 0.6 is 11.3 Å². The molecule has 7 heteroatoms. The van der Waals surface area contributed by atoms with Gasteiger partial charge in [0.15, 0.2) is 0 Å². The lowest BCUT2D eigenvalue weighted by Gasteiger charge is -2.22. The normalized spacial score (nSPS) is 14.4. The number of nitrogens with zero attached hydrogens (tertiary/aromatic N) is 3. The van der Waals surface area contributed by atoms with Gasteiger partial charge >= 0.3 is 0 Å². The van der Waals surface area contributed by atoms with Crippen molar-refractivity contribution in [2.45, 2.75) is 19.8 Å². The molecule has 0 atom stereocenters. The van der Waals surface area contributed by atoms with Crippen molar-refractivity contribution in [3.63, 3.8) is 0 Å². The molecule has 1 N–H and O–H groups in total. The topological polar surface area (TPSA) is 59.0 Å². The van der Waals surface area contributed by atoms with Gasteiger partial charge in [-0.1, -0.05) is 0 Å². The molecule has 0 aliphatic carbocycles. The van der Waals surface area contributed by atoms with Gasteiger partial charge in [0.1, 0.15) is 11.5 Å². The third-order valence-corrected chi connectivity index (χ3v) is 4.83. The van der Waals surface area contributed by atoms with Crippen LogP contribution in [0.15, 0.2) is 22.6 Å². The summed E-state index contributed by atoms with van der Waals surface area (Å²) >= 11 is 1.52. The summed E-state index contributed by atoms with van der Waals surface area (Å²) in [6, 6.07) is 3.99. The fourth-order valence-corrected chi connectivity index (χ4v) is 3.41. The quantitative estimate of drug-likeness (QED) is 0.641. The fraction of sp³-hybridized carbons (Fsp3) is 0.412. The van der Waals surface area contributed by atoms with Gasteiger partial charge in [0.25, 0.3) is 0 Å². The van der Waals surface area contributed by atoms with E-state index in [2.05, 4.69) is 20.4 Å². The predicted molar refractivity (Wildman–Crippen MR) is 99.1 cm³/mol. The summed E-state index contributed by atoms with van der Waals surface area (Å²) in [7, 11) is 3.36. The molecule has 6 nitrogen and oxygen atoms in total. The molecular formula is C17H22N4O2S. The van der Waals surface area contributed by atoms with E-state index in [1.165, 1.54) is 24.2 Å². The number of hydrogen-bond donors (Lipinski definition) is 1. The number of methoxy groups -OCH3 is 2. The van der Waals surface area contributed by atoms with Crippen LogP contribution in [0.2, 0.25) is 0 Å². The SMILES string of the molecule is COc1cc(N2CCCC2)c(OC)cc1C=NNc1nc(C)cs1.